The van der Waals surface area contributed by atoms with Crippen LogP contribution in [0.5, 0.6) is 5.75 Å². The van der Waals surface area contributed by atoms with Crippen molar-refractivity contribution in [1.29, 1.82) is 0 Å². The Bertz CT molecular complexity index is 1430. The van der Waals surface area contributed by atoms with E-state index in [1.165, 1.54) is 24.3 Å². The molecule has 6 nitrogen and oxygen atoms in total. The molecule has 1 amide bonds. The highest BCUT2D eigenvalue weighted by Crippen LogP contribution is 2.26. The Kier molecular flexibility index (Phi) is 10.3. The predicted molar refractivity (Wildman–Crippen MR) is 164 cm³/mol. The Morgan fingerprint density at radius 2 is 1.42 bits per heavy atom. The molecule has 2 fully saturated rings. The number of carbonyl (C=O) groups is 1. The molecule has 0 unspecified atom stereocenters. The van der Waals surface area contributed by atoms with E-state index in [-0.39, 0.29) is 41.1 Å². The lowest BCUT2D eigenvalue weighted by atomic mass is 9.92. The van der Waals surface area contributed by atoms with Crippen LogP contribution in [-0.2, 0) is 14.6 Å². The lowest BCUT2D eigenvalue weighted by Crippen LogP contribution is -2.36. The zero-order chi connectivity index (χ0) is 30.2. The number of halogens is 2. The summed E-state index contributed by atoms with van der Waals surface area (Å²) in [6.07, 6.45) is 7.52. The van der Waals surface area contributed by atoms with Gasteiger partial charge in [0.1, 0.15) is 23.5 Å². The molecule has 2 heterocycles. The first kappa shape index (κ1) is 30.9. The molecule has 2 saturated heterocycles. The molecule has 0 saturated carbocycles. The summed E-state index contributed by atoms with van der Waals surface area (Å²) in [7, 11) is -2.90. The first-order valence-corrected chi connectivity index (χ1v) is 16.7. The minimum Gasteiger partial charge on any atom is -0.490 e. The van der Waals surface area contributed by atoms with Crippen LogP contribution in [0.4, 0.5) is 8.78 Å². The molecule has 0 spiro atoms. The van der Waals surface area contributed by atoms with Crippen LogP contribution < -0.4 is 10.1 Å². The van der Waals surface area contributed by atoms with Crippen molar-refractivity contribution in [3.63, 3.8) is 0 Å². The highest BCUT2D eigenvalue weighted by molar-refractivity contribution is 7.91. The van der Waals surface area contributed by atoms with Gasteiger partial charge in [-0.3, -0.25) is 9.69 Å². The predicted octanol–water partition coefficient (Wildman–Crippen LogP) is 5.94. The highest BCUT2D eigenvalue weighted by Gasteiger charge is 2.25. The topological polar surface area (TPSA) is 75.7 Å². The quantitative estimate of drug-likeness (QED) is 0.308. The molecule has 0 bridgehead atoms. The molecule has 3 aromatic carbocycles. The number of amides is 1. The summed E-state index contributed by atoms with van der Waals surface area (Å²) < 4.78 is 56.2. The largest absolute Gasteiger partial charge is 0.490 e. The van der Waals surface area contributed by atoms with Crippen molar-refractivity contribution in [2.45, 2.75) is 44.2 Å². The lowest BCUT2D eigenvalue weighted by Gasteiger charge is -2.31. The van der Waals surface area contributed by atoms with Gasteiger partial charge >= 0.3 is 0 Å². The van der Waals surface area contributed by atoms with Crippen molar-refractivity contribution in [1.82, 2.24) is 10.2 Å². The van der Waals surface area contributed by atoms with Gasteiger partial charge in [0.25, 0.3) is 0 Å². The monoisotopic (exact) mass is 608 g/mol. The summed E-state index contributed by atoms with van der Waals surface area (Å²) in [4.78, 5) is 15.4. The Morgan fingerprint density at radius 3 is 1.98 bits per heavy atom. The summed E-state index contributed by atoms with van der Waals surface area (Å²) in [6.45, 7) is 2.64. The number of nitrogens with zero attached hydrogens (tertiary/aromatic N) is 1. The fraction of sp³-hybridized carbons (Fsp3) is 0.382. The van der Waals surface area contributed by atoms with E-state index >= 15 is 0 Å². The average Bonchev–Trinajstić information content (AvgIpc) is 3.00. The first-order chi connectivity index (χ1) is 20.7. The minimum atomic E-state index is -2.90. The Labute approximate surface area is 252 Å². The van der Waals surface area contributed by atoms with E-state index in [2.05, 4.69) is 22.4 Å². The van der Waals surface area contributed by atoms with E-state index in [1.54, 1.807) is 24.3 Å². The van der Waals surface area contributed by atoms with Gasteiger partial charge in [0.2, 0.25) is 5.91 Å². The number of rotatable bonds is 10. The maximum absolute atomic E-state index is 13.5. The number of ether oxygens (including phenoxy) is 1. The maximum atomic E-state index is 13.5. The van der Waals surface area contributed by atoms with Crippen molar-refractivity contribution in [2.75, 3.05) is 31.1 Å². The standard InChI is InChI=1S/C34H38F2N2O4S/c35-29-9-5-27(6-10-29)34(28-7-11-30(36)12-8-28)37-33(39)24-26-15-20-38(21-16-26)19-1-2-25-3-13-31(14-4-25)42-32-17-22-43(40,41)23-18-32/h1-14,26,32,34H,15-24H2,(H,37,39)/b2-1+. The molecular weight excluding hydrogens is 570 g/mol. The third kappa shape index (κ3) is 9.21. The number of hydrogen-bond acceptors (Lipinski definition) is 5. The fourth-order valence-corrected chi connectivity index (χ4v) is 7.15. The fourth-order valence-electron chi connectivity index (χ4n) is 5.70. The SMILES string of the molecule is O=C(CC1CCN(C/C=C/c2ccc(OC3CCS(=O)(=O)CC3)cc2)CC1)NC(c1ccc(F)cc1)c1ccc(F)cc1. The Morgan fingerprint density at radius 1 is 0.860 bits per heavy atom. The molecule has 43 heavy (non-hydrogen) atoms. The van der Waals surface area contributed by atoms with Crippen LogP contribution in [-0.4, -0.2) is 56.5 Å². The molecule has 1 N–H and O–H groups in total. The number of sulfone groups is 1. The van der Waals surface area contributed by atoms with Crippen molar-refractivity contribution in [3.8, 4) is 5.75 Å². The molecule has 0 atom stereocenters. The second-order valence-electron chi connectivity index (χ2n) is 11.5. The van der Waals surface area contributed by atoms with Gasteiger partial charge < -0.3 is 10.1 Å². The second-order valence-corrected chi connectivity index (χ2v) is 13.8. The van der Waals surface area contributed by atoms with E-state index in [0.717, 1.165) is 54.9 Å². The van der Waals surface area contributed by atoms with Crippen LogP contribution in [0.25, 0.3) is 6.08 Å². The van der Waals surface area contributed by atoms with E-state index in [1.807, 2.05) is 24.3 Å². The van der Waals surface area contributed by atoms with E-state index < -0.39 is 15.9 Å². The van der Waals surface area contributed by atoms with Crippen LogP contribution in [0.3, 0.4) is 0 Å². The average molecular weight is 609 g/mol. The zero-order valence-corrected chi connectivity index (χ0v) is 24.9. The van der Waals surface area contributed by atoms with E-state index in [9.17, 15) is 22.0 Å². The van der Waals surface area contributed by atoms with Crippen LogP contribution in [0.2, 0.25) is 0 Å². The number of nitrogens with one attached hydrogen (secondary N) is 1. The number of benzene rings is 3. The van der Waals surface area contributed by atoms with E-state index in [0.29, 0.717) is 19.3 Å². The van der Waals surface area contributed by atoms with Crippen LogP contribution in [0.15, 0.2) is 78.9 Å². The third-order valence-corrected chi connectivity index (χ3v) is 9.97. The Hall–Kier alpha value is -3.56. The maximum Gasteiger partial charge on any atom is 0.221 e. The van der Waals surface area contributed by atoms with Crippen molar-refractivity contribution in [2.24, 2.45) is 5.92 Å². The van der Waals surface area contributed by atoms with Crippen molar-refractivity contribution in [3.05, 3.63) is 107 Å². The molecule has 0 aliphatic carbocycles. The van der Waals surface area contributed by atoms with Gasteiger partial charge in [-0.15, -0.1) is 0 Å². The van der Waals surface area contributed by atoms with Gasteiger partial charge in [0.15, 0.2) is 9.84 Å². The molecule has 0 radical (unpaired) electrons. The first-order valence-electron chi connectivity index (χ1n) is 14.9. The number of hydrogen-bond donors (Lipinski definition) is 1. The van der Waals surface area contributed by atoms with Crippen LogP contribution in [0, 0.1) is 17.6 Å². The molecule has 228 valence electrons. The van der Waals surface area contributed by atoms with Gasteiger partial charge in [0.05, 0.1) is 17.5 Å². The molecule has 9 heteroatoms. The summed E-state index contributed by atoms with van der Waals surface area (Å²) >= 11 is 0. The summed E-state index contributed by atoms with van der Waals surface area (Å²) in [6, 6.07) is 19.4. The lowest BCUT2D eigenvalue weighted by molar-refractivity contribution is -0.122. The van der Waals surface area contributed by atoms with Gasteiger partial charge in [-0.25, -0.2) is 17.2 Å². The van der Waals surface area contributed by atoms with Gasteiger partial charge in [-0.05, 0) is 97.8 Å². The summed E-state index contributed by atoms with van der Waals surface area (Å²) in [5.41, 5.74) is 2.56. The summed E-state index contributed by atoms with van der Waals surface area (Å²) in [5.74, 6) is 0.645. The second kappa shape index (κ2) is 14.3. The van der Waals surface area contributed by atoms with E-state index in [4.69, 9.17) is 4.74 Å². The zero-order valence-electron chi connectivity index (χ0n) is 24.1. The van der Waals surface area contributed by atoms with Crippen LogP contribution >= 0.6 is 0 Å². The number of likely N-dealkylation sites (tertiary alicyclic amines) is 1. The number of carbonyl (C=O) groups excluding carboxylic acids is 1. The smallest absolute Gasteiger partial charge is 0.221 e. The minimum absolute atomic E-state index is 0.0510. The summed E-state index contributed by atoms with van der Waals surface area (Å²) in [5, 5.41) is 3.09. The molecule has 5 rings (SSSR count). The molecule has 3 aromatic rings. The van der Waals surface area contributed by atoms with Gasteiger partial charge in [-0.1, -0.05) is 48.6 Å². The third-order valence-electron chi connectivity index (χ3n) is 8.25. The van der Waals surface area contributed by atoms with Crippen molar-refractivity contribution < 1.29 is 26.7 Å². The molecule has 0 aromatic heterocycles. The Balaban J connectivity index is 1.06. The van der Waals surface area contributed by atoms with Gasteiger partial charge in [-0.2, -0.15) is 0 Å². The molecule has 2 aliphatic rings. The molecule has 2 aliphatic heterocycles. The number of piperidine rings is 1. The normalized spacial score (nSPS) is 18.2. The van der Waals surface area contributed by atoms with Crippen molar-refractivity contribution >= 4 is 21.8 Å². The molecular formula is C34H38F2N2O4S. The van der Waals surface area contributed by atoms with Gasteiger partial charge in [0, 0.05) is 13.0 Å². The highest BCUT2D eigenvalue weighted by atomic mass is 32.2. The van der Waals surface area contributed by atoms with Crippen LogP contribution in [0.1, 0.15) is 54.8 Å².